The lowest BCUT2D eigenvalue weighted by molar-refractivity contribution is -0.207. The summed E-state index contributed by atoms with van der Waals surface area (Å²) < 4.78 is 71.9. The molecule has 6 heteroatoms. The Bertz CT molecular complexity index is 164. The van der Waals surface area contributed by atoms with Crippen molar-refractivity contribution in [1.82, 2.24) is 0 Å². The summed E-state index contributed by atoms with van der Waals surface area (Å²) in [6, 6.07) is 0. The van der Waals surface area contributed by atoms with Crippen molar-refractivity contribution < 1.29 is 26.3 Å². The highest BCUT2D eigenvalue weighted by atomic mass is 19.3. The van der Waals surface area contributed by atoms with E-state index < -0.39 is 30.6 Å². The molecule has 0 aromatic carbocycles. The fraction of sp³-hybridized carbons (Fsp3) is 1.00. The van der Waals surface area contributed by atoms with Crippen LogP contribution < -0.4 is 0 Å². The Kier molecular flexibility index (Phi) is 1.61. The summed E-state index contributed by atoms with van der Waals surface area (Å²) in [4.78, 5) is 0. The smallest absolute Gasteiger partial charge is 0.244 e. The number of rotatable bonds is 0. The fourth-order valence-corrected chi connectivity index (χ4v) is 0.913. The quantitative estimate of drug-likeness (QED) is 0.499. The van der Waals surface area contributed by atoms with Crippen LogP contribution in [-0.4, -0.2) is 24.2 Å². The monoisotopic (exact) mass is 178 g/mol. The Hall–Kier alpha value is -0.420. The third kappa shape index (κ3) is 0.990. The van der Waals surface area contributed by atoms with Crippen molar-refractivity contribution in [3.05, 3.63) is 0 Å². The fourth-order valence-electron chi connectivity index (χ4n) is 0.913. The summed E-state index contributed by atoms with van der Waals surface area (Å²) in [5, 5.41) is 0. The van der Waals surface area contributed by atoms with Crippen LogP contribution in [0.4, 0.5) is 26.3 Å². The molecular formula is C5H4F6. The van der Waals surface area contributed by atoms with Gasteiger partial charge in [-0.05, 0) is 0 Å². The molecule has 0 bridgehead atoms. The Morgan fingerprint density at radius 1 is 1.00 bits per heavy atom. The summed E-state index contributed by atoms with van der Waals surface area (Å²) >= 11 is 0. The van der Waals surface area contributed by atoms with Crippen molar-refractivity contribution in [2.45, 2.75) is 30.6 Å². The van der Waals surface area contributed by atoms with E-state index in [0.29, 0.717) is 0 Å². The van der Waals surface area contributed by atoms with Gasteiger partial charge in [0.1, 0.15) is 6.17 Å². The predicted octanol–water partition coefficient (Wildman–Crippen LogP) is 2.34. The van der Waals surface area contributed by atoms with E-state index >= 15 is 0 Å². The van der Waals surface area contributed by atoms with E-state index in [1.807, 2.05) is 0 Å². The minimum atomic E-state index is -4.85. The van der Waals surface area contributed by atoms with Crippen LogP contribution in [0.15, 0.2) is 0 Å². The van der Waals surface area contributed by atoms with Crippen LogP contribution in [0.3, 0.4) is 0 Å². The molecule has 1 saturated carbocycles. The summed E-state index contributed by atoms with van der Waals surface area (Å²) in [5.41, 5.74) is 0. The minimum absolute atomic E-state index is 1.73. The molecular weight excluding hydrogens is 174 g/mol. The first-order valence-electron chi connectivity index (χ1n) is 2.83. The lowest BCUT2D eigenvalue weighted by Gasteiger charge is -2.18. The zero-order valence-corrected chi connectivity index (χ0v) is 5.13. The lowest BCUT2D eigenvalue weighted by atomic mass is 10.2. The van der Waals surface area contributed by atoms with Crippen LogP contribution in [0.2, 0.25) is 0 Å². The number of alkyl halides is 6. The molecule has 2 unspecified atom stereocenters. The van der Waals surface area contributed by atoms with Gasteiger partial charge in [0.2, 0.25) is 6.17 Å². The maximum absolute atomic E-state index is 12.0. The van der Waals surface area contributed by atoms with E-state index in [9.17, 15) is 26.3 Å². The largest absolute Gasteiger partial charge is 0.343 e. The Morgan fingerprint density at radius 2 is 1.45 bits per heavy atom. The van der Waals surface area contributed by atoms with Crippen LogP contribution >= 0.6 is 0 Å². The van der Waals surface area contributed by atoms with E-state index in [-0.39, 0.29) is 0 Å². The Morgan fingerprint density at radius 3 is 1.55 bits per heavy atom. The molecule has 1 rings (SSSR count). The van der Waals surface area contributed by atoms with Gasteiger partial charge in [0.25, 0.3) is 0 Å². The van der Waals surface area contributed by atoms with Crippen LogP contribution in [0, 0.1) is 0 Å². The molecule has 0 nitrogen and oxygen atoms in total. The van der Waals surface area contributed by atoms with Crippen LogP contribution in [-0.2, 0) is 0 Å². The third-order valence-corrected chi connectivity index (χ3v) is 1.60. The number of halogens is 6. The molecule has 1 aliphatic rings. The van der Waals surface area contributed by atoms with Gasteiger partial charge in [-0.2, -0.15) is 17.6 Å². The van der Waals surface area contributed by atoms with Crippen molar-refractivity contribution in [3.8, 4) is 0 Å². The molecule has 2 atom stereocenters. The average Bonchev–Trinajstić information content (AvgIpc) is 1.93. The number of hydrogen-bond acceptors (Lipinski definition) is 0. The first-order chi connectivity index (χ1) is 4.79. The maximum atomic E-state index is 12.0. The molecule has 0 amide bonds. The second-order valence-electron chi connectivity index (χ2n) is 2.45. The summed E-state index contributed by atoms with van der Waals surface area (Å²) in [6.45, 7) is 0. The summed E-state index contributed by atoms with van der Waals surface area (Å²) in [5.74, 6) is -9.40. The standard InChI is InChI=1S/C5H4F6/c6-2-1-4(8,9)5(10,11)3(2)7/h2-3H,1H2. The zero-order valence-electron chi connectivity index (χ0n) is 5.13. The highest BCUT2D eigenvalue weighted by Crippen LogP contribution is 2.50. The van der Waals surface area contributed by atoms with E-state index in [2.05, 4.69) is 0 Å². The van der Waals surface area contributed by atoms with Gasteiger partial charge in [0.05, 0.1) is 6.42 Å². The van der Waals surface area contributed by atoms with Crippen molar-refractivity contribution in [2.75, 3.05) is 0 Å². The molecule has 0 radical (unpaired) electrons. The van der Waals surface area contributed by atoms with E-state index in [4.69, 9.17) is 0 Å². The SMILES string of the molecule is FC1CC(F)(F)C(F)(F)C1F. The average molecular weight is 178 g/mol. The normalized spacial score (nSPS) is 40.9. The molecule has 0 aromatic heterocycles. The molecule has 0 aromatic rings. The zero-order chi connectivity index (χ0) is 8.86. The van der Waals surface area contributed by atoms with Gasteiger partial charge in [-0.25, -0.2) is 8.78 Å². The van der Waals surface area contributed by atoms with Gasteiger partial charge in [-0.3, -0.25) is 0 Å². The topological polar surface area (TPSA) is 0 Å². The second-order valence-corrected chi connectivity index (χ2v) is 2.45. The van der Waals surface area contributed by atoms with Crippen molar-refractivity contribution >= 4 is 0 Å². The first kappa shape index (κ1) is 8.67. The van der Waals surface area contributed by atoms with Gasteiger partial charge in [0.15, 0.2) is 0 Å². The van der Waals surface area contributed by atoms with Gasteiger partial charge in [-0.15, -0.1) is 0 Å². The highest BCUT2D eigenvalue weighted by Gasteiger charge is 2.71. The molecule has 0 N–H and O–H groups in total. The molecule has 1 aliphatic carbocycles. The van der Waals surface area contributed by atoms with Crippen LogP contribution in [0.5, 0.6) is 0 Å². The predicted molar refractivity (Wildman–Crippen MR) is 24.3 cm³/mol. The van der Waals surface area contributed by atoms with Crippen molar-refractivity contribution in [2.24, 2.45) is 0 Å². The maximum Gasteiger partial charge on any atom is 0.343 e. The van der Waals surface area contributed by atoms with E-state index in [1.165, 1.54) is 0 Å². The molecule has 0 aliphatic heterocycles. The van der Waals surface area contributed by atoms with E-state index in [1.54, 1.807) is 0 Å². The highest BCUT2D eigenvalue weighted by molar-refractivity contribution is 5.03. The molecule has 66 valence electrons. The molecule has 11 heavy (non-hydrogen) atoms. The van der Waals surface area contributed by atoms with Gasteiger partial charge >= 0.3 is 11.8 Å². The van der Waals surface area contributed by atoms with Crippen molar-refractivity contribution in [1.29, 1.82) is 0 Å². The first-order valence-corrected chi connectivity index (χ1v) is 2.83. The Labute approximate surface area is 58.2 Å². The molecule has 0 spiro atoms. The minimum Gasteiger partial charge on any atom is -0.244 e. The third-order valence-electron chi connectivity index (χ3n) is 1.60. The van der Waals surface area contributed by atoms with Gasteiger partial charge in [0, 0.05) is 0 Å². The van der Waals surface area contributed by atoms with Crippen LogP contribution in [0.1, 0.15) is 6.42 Å². The van der Waals surface area contributed by atoms with Crippen LogP contribution in [0.25, 0.3) is 0 Å². The molecule has 1 fully saturated rings. The molecule has 0 heterocycles. The summed E-state index contributed by atoms with van der Waals surface area (Å²) in [6.07, 6.45) is -7.88. The summed E-state index contributed by atoms with van der Waals surface area (Å²) in [7, 11) is 0. The van der Waals surface area contributed by atoms with E-state index in [0.717, 1.165) is 0 Å². The van der Waals surface area contributed by atoms with Crippen molar-refractivity contribution in [3.63, 3.8) is 0 Å². The second kappa shape index (κ2) is 2.04. The van der Waals surface area contributed by atoms with Gasteiger partial charge in [-0.1, -0.05) is 0 Å². The Balaban J connectivity index is 2.92. The lowest BCUT2D eigenvalue weighted by Crippen LogP contribution is -2.40. The molecule has 0 saturated heterocycles. The van der Waals surface area contributed by atoms with Gasteiger partial charge < -0.3 is 0 Å². The number of hydrogen-bond donors (Lipinski definition) is 0.